The lowest BCUT2D eigenvalue weighted by Gasteiger charge is -2.09. The van der Waals surface area contributed by atoms with Gasteiger partial charge in [-0.2, -0.15) is 15.0 Å². The molecule has 15 heavy (non-hydrogen) atoms. The molecule has 0 fully saturated rings. The van der Waals surface area contributed by atoms with Crippen molar-refractivity contribution < 1.29 is 9.90 Å². The summed E-state index contributed by atoms with van der Waals surface area (Å²) in [6, 6.07) is -0.795. The molecular weight excluding hydrogens is 200 g/mol. The van der Waals surface area contributed by atoms with Crippen molar-refractivity contribution >= 4 is 23.8 Å². The number of hydrogen-bond acceptors (Lipinski definition) is 7. The maximum absolute atomic E-state index is 10.6. The van der Waals surface area contributed by atoms with Gasteiger partial charge in [-0.05, 0) is 6.92 Å². The number of anilines is 3. The van der Waals surface area contributed by atoms with Crippen LogP contribution >= 0.6 is 0 Å². The molecule has 1 aromatic heterocycles. The maximum Gasteiger partial charge on any atom is 0.325 e. The highest BCUT2D eigenvalue weighted by Crippen LogP contribution is 2.06. The normalized spacial score (nSPS) is 11.9. The minimum atomic E-state index is -1.00. The van der Waals surface area contributed by atoms with E-state index in [0.29, 0.717) is 0 Å². The fraction of sp³-hybridized carbons (Fsp3) is 0.429. The first-order chi connectivity index (χ1) is 7.02. The van der Waals surface area contributed by atoms with Crippen molar-refractivity contribution in [3.63, 3.8) is 0 Å². The third kappa shape index (κ3) is 2.93. The van der Waals surface area contributed by atoms with Gasteiger partial charge in [-0.1, -0.05) is 0 Å². The Morgan fingerprint density at radius 2 is 2.00 bits per heavy atom. The van der Waals surface area contributed by atoms with Crippen LogP contribution in [0.25, 0.3) is 0 Å². The van der Waals surface area contributed by atoms with E-state index < -0.39 is 12.0 Å². The molecule has 5 N–H and O–H groups in total. The molecule has 1 atom stereocenters. The van der Waals surface area contributed by atoms with E-state index in [4.69, 9.17) is 10.8 Å². The Morgan fingerprint density at radius 3 is 2.53 bits per heavy atom. The summed E-state index contributed by atoms with van der Waals surface area (Å²) in [6.45, 7) is 1.47. The monoisotopic (exact) mass is 212 g/mol. The van der Waals surface area contributed by atoms with Crippen molar-refractivity contribution in [1.82, 2.24) is 15.0 Å². The van der Waals surface area contributed by atoms with E-state index in [2.05, 4.69) is 25.6 Å². The molecule has 8 heteroatoms. The smallest absolute Gasteiger partial charge is 0.325 e. The Labute approximate surface area is 85.9 Å². The number of nitrogens with one attached hydrogen (secondary N) is 2. The van der Waals surface area contributed by atoms with Crippen LogP contribution in [-0.2, 0) is 4.79 Å². The van der Waals surface area contributed by atoms with Crippen molar-refractivity contribution in [3.8, 4) is 0 Å². The first-order valence-corrected chi connectivity index (χ1v) is 4.21. The molecule has 0 saturated carbocycles. The fourth-order valence-electron chi connectivity index (χ4n) is 0.824. The number of nitrogens with zero attached hydrogens (tertiary/aromatic N) is 3. The number of carboxylic acid groups (broad SMARTS) is 1. The second kappa shape index (κ2) is 4.40. The van der Waals surface area contributed by atoms with Crippen molar-refractivity contribution in [2.45, 2.75) is 13.0 Å². The van der Waals surface area contributed by atoms with Gasteiger partial charge in [-0.25, -0.2) is 0 Å². The highest BCUT2D eigenvalue weighted by atomic mass is 16.4. The highest BCUT2D eigenvalue weighted by Gasteiger charge is 2.12. The van der Waals surface area contributed by atoms with Gasteiger partial charge in [-0.3, -0.25) is 4.79 Å². The van der Waals surface area contributed by atoms with Crippen molar-refractivity contribution in [2.24, 2.45) is 0 Å². The molecule has 1 unspecified atom stereocenters. The molecule has 1 aromatic rings. The van der Waals surface area contributed by atoms with Crippen LogP contribution in [0.15, 0.2) is 0 Å². The first-order valence-electron chi connectivity index (χ1n) is 4.21. The molecule has 0 radical (unpaired) electrons. The van der Waals surface area contributed by atoms with E-state index in [9.17, 15) is 4.79 Å². The molecule has 0 bridgehead atoms. The van der Waals surface area contributed by atoms with Gasteiger partial charge in [0.15, 0.2) is 0 Å². The topological polar surface area (TPSA) is 126 Å². The summed E-state index contributed by atoms with van der Waals surface area (Å²) in [5, 5.41) is 13.9. The van der Waals surface area contributed by atoms with Crippen LogP contribution in [0, 0.1) is 0 Å². The molecule has 0 aliphatic carbocycles. The van der Waals surface area contributed by atoms with E-state index in [1.165, 1.54) is 6.92 Å². The van der Waals surface area contributed by atoms with Gasteiger partial charge in [0.25, 0.3) is 0 Å². The molecule has 0 spiro atoms. The number of hydrogen-bond donors (Lipinski definition) is 4. The zero-order valence-electron chi connectivity index (χ0n) is 8.35. The second-order valence-corrected chi connectivity index (χ2v) is 2.80. The average Bonchev–Trinajstić information content (AvgIpc) is 2.16. The van der Waals surface area contributed by atoms with Gasteiger partial charge < -0.3 is 21.5 Å². The van der Waals surface area contributed by atoms with Crippen LogP contribution in [0.1, 0.15) is 6.92 Å². The molecular formula is C7H12N6O2. The minimum Gasteiger partial charge on any atom is -0.480 e. The Bertz CT molecular complexity index is 368. The lowest BCUT2D eigenvalue weighted by Crippen LogP contribution is -2.27. The highest BCUT2D eigenvalue weighted by molar-refractivity contribution is 5.75. The van der Waals surface area contributed by atoms with Crippen LogP contribution in [-0.4, -0.2) is 39.1 Å². The summed E-state index contributed by atoms with van der Waals surface area (Å²) in [4.78, 5) is 22.0. The SMILES string of the molecule is CNc1nc(N)nc(NC(C)C(=O)O)n1. The fourth-order valence-corrected chi connectivity index (χ4v) is 0.824. The molecule has 0 saturated heterocycles. The number of rotatable bonds is 4. The van der Waals surface area contributed by atoms with Crippen LogP contribution < -0.4 is 16.4 Å². The summed E-state index contributed by atoms with van der Waals surface area (Å²) in [7, 11) is 1.62. The van der Waals surface area contributed by atoms with Crippen molar-refractivity contribution in [3.05, 3.63) is 0 Å². The van der Waals surface area contributed by atoms with Crippen LogP contribution in [0.5, 0.6) is 0 Å². The quantitative estimate of drug-likeness (QED) is 0.520. The van der Waals surface area contributed by atoms with Gasteiger partial charge in [-0.15, -0.1) is 0 Å². The Morgan fingerprint density at radius 1 is 1.40 bits per heavy atom. The Balaban J connectivity index is 2.85. The number of nitrogens with two attached hydrogens (primary N) is 1. The third-order valence-corrected chi connectivity index (χ3v) is 1.59. The third-order valence-electron chi connectivity index (χ3n) is 1.59. The number of carboxylic acids is 1. The minimum absolute atomic E-state index is 0.0226. The van der Waals surface area contributed by atoms with E-state index in [1.54, 1.807) is 7.05 Å². The van der Waals surface area contributed by atoms with E-state index >= 15 is 0 Å². The van der Waals surface area contributed by atoms with Crippen LogP contribution in [0.4, 0.5) is 17.8 Å². The lowest BCUT2D eigenvalue weighted by molar-refractivity contribution is -0.137. The van der Waals surface area contributed by atoms with Gasteiger partial charge in [0, 0.05) is 7.05 Å². The van der Waals surface area contributed by atoms with Gasteiger partial charge in [0.1, 0.15) is 6.04 Å². The van der Waals surface area contributed by atoms with Crippen molar-refractivity contribution in [2.75, 3.05) is 23.4 Å². The summed E-state index contributed by atoms with van der Waals surface area (Å²) in [5.41, 5.74) is 5.40. The molecule has 0 amide bonds. The summed E-state index contributed by atoms with van der Waals surface area (Å²) < 4.78 is 0. The number of aliphatic carboxylic acids is 1. The molecule has 0 aliphatic heterocycles. The van der Waals surface area contributed by atoms with E-state index in [0.717, 1.165) is 0 Å². The van der Waals surface area contributed by atoms with Gasteiger partial charge in [0.05, 0.1) is 0 Å². The van der Waals surface area contributed by atoms with Crippen LogP contribution in [0.3, 0.4) is 0 Å². The molecule has 0 aliphatic rings. The maximum atomic E-state index is 10.6. The van der Waals surface area contributed by atoms with Gasteiger partial charge >= 0.3 is 5.97 Å². The Hall–Kier alpha value is -2.12. The van der Waals surface area contributed by atoms with Crippen molar-refractivity contribution in [1.29, 1.82) is 0 Å². The number of carbonyl (C=O) groups is 1. The number of aromatic nitrogens is 3. The number of nitrogen functional groups attached to an aromatic ring is 1. The molecule has 0 aromatic carbocycles. The molecule has 1 rings (SSSR count). The molecule has 82 valence electrons. The predicted octanol–water partition coefficient (Wildman–Crippen LogP) is -0.619. The summed E-state index contributed by atoms with van der Waals surface area (Å²) >= 11 is 0. The van der Waals surface area contributed by atoms with Crippen LogP contribution in [0.2, 0.25) is 0 Å². The molecule has 1 heterocycles. The van der Waals surface area contributed by atoms with Gasteiger partial charge in [0.2, 0.25) is 17.8 Å². The first kappa shape index (κ1) is 11.0. The largest absolute Gasteiger partial charge is 0.480 e. The standard InChI is InChI=1S/C7H12N6O2/c1-3(4(14)15)10-7-12-5(8)11-6(9-2)13-7/h3H,1-2H3,(H,14,15)(H4,8,9,10,11,12,13). The Kier molecular flexibility index (Phi) is 3.21. The average molecular weight is 212 g/mol. The van der Waals surface area contributed by atoms with E-state index in [1.807, 2.05) is 0 Å². The molecule has 8 nitrogen and oxygen atoms in total. The summed E-state index contributed by atoms with van der Waals surface area (Å²) in [6.07, 6.45) is 0. The zero-order valence-corrected chi connectivity index (χ0v) is 8.35. The predicted molar refractivity (Wildman–Crippen MR) is 54.5 cm³/mol. The summed E-state index contributed by atoms with van der Waals surface area (Å²) in [5.74, 6) is -0.571. The second-order valence-electron chi connectivity index (χ2n) is 2.80. The van der Waals surface area contributed by atoms with E-state index in [-0.39, 0.29) is 17.8 Å². The zero-order chi connectivity index (χ0) is 11.4. The lowest BCUT2D eigenvalue weighted by atomic mass is 10.3.